The van der Waals surface area contributed by atoms with Gasteiger partial charge in [0.05, 0.1) is 34.3 Å². The number of hydrogen-bond acceptors (Lipinski definition) is 8. The van der Waals surface area contributed by atoms with Gasteiger partial charge in [0.25, 0.3) is 0 Å². The number of nitrogens with one attached hydrogen (secondary N) is 2. The number of halogens is 2. The maximum atomic E-state index is 9.26. The molecule has 3 aromatic heterocycles. The molecule has 0 aliphatic heterocycles. The maximum absolute atomic E-state index is 9.26. The molecule has 0 atom stereocenters. The summed E-state index contributed by atoms with van der Waals surface area (Å²) in [6.07, 6.45) is 3.04. The van der Waals surface area contributed by atoms with E-state index in [0.29, 0.717) is 63.0 Å². The van der Waals surface area contributed by atoms with Gasteiger partial charge in [0, 0.05) is 25.4 Å². The highest BCUT2D eigenvalue weighted by molar-refractivity contribution is 6.39. The Morgan fingerprint density at radius 3 is 2.45 bits per heavy atom. The molecule has 0 saturated heterocycles. The Kier molecular flexibility index (Phi) is 6.47. The lowest BCUT2D eigenvalue weighted by Gasteiger charge is -2.21. The number of anilines is 3. The smallest absolute Gasteiger partial charge is 0.157 e. The molecule has 0 saturated carbocycles. The molecule has 160 valence electrons. The lowest BCUT2D eigenvalue weighted by molar-refractivity contribution is 0.280. The Morgan fingerprint density at radius 1 is 1.00 bits per heavy atom. The number of benzene rings is 1. The number of aromatic amines is 1. The van der Waals surface area contributed by atoms with E-state index in [0.717, 1.165) is 0 Å². The first-order valence-corrected chi connectivity index (χ1v) is 10.2. The Hall–Kier alpha value is -2.98. The fraction of sp³-hybridized carbons (Fsp3) is 0.200. The van der Waals surface area contributed by atoms with Gasteiger partial charge in [-0.1, -0.05) is 29.3 Å². The Morgan fingerprint density at radius 2 is 1.74 bits per heavy atom. The van der Waals surface area contributed by atoms with Crippen LogP contribution >= 0.6 is 23.2 Å². The molecule has 11 heteroatoms. The average molecular weight is 460 g/mol. The van der Waals surface area contributed by atoms with Crippen LogP contribution in [0.2, 0.25) is 10.0 Å². The van der Waals surface area contributed by atoms with E-state index in [-0.39, 0.29) is 13.2 Å². The number of pyridine rings is 1. The van der Waals surface area contributed by atoms with Crippen LogP contribution in [0.3, 0.4) is 0 Å². The van der Waals surface area contributed by atoms with Crippen LogP contribution in [0.15, 0.2) is 42.9 Å². The highest BCUT2D eigenvalue weighted by Gasteiger charge is 2.16. The summed E-state index contributed by atoms with van der Waals surface area (Å²) in [5, 5.41) is 22.7. The Labute approximate surface area is 187 Å². The Balaban J connectivity index is 1.68. The lowest BCUT2D eigenvalue weighted by atomic mass is 10.2. The van der Waals surface area contributed by atoms with Gasteiger partial charge in [0.2, 0.25) is 0 Å². The van der Waals surface area contributed by atoms with Crippen molar-refractivity contribution in [3.8, 4) is 11.4 Å². The van der Waals surface area contributed by atoms with Crippen LogP contribution in [0.5, 0.6) is 0 Å². The first-order chi connectivity index (χ1) is 15.1. The second-order valence-corrected chi connectivity index (χ2v) is 7.37. The molecule has 0 unspecified atom stereocenters. The molecule has 0 aliphatic carbocycles. The van der Waals surface area contributed by atoms with E-state index in [9.17, 15) is 10.2 Å². The molecule has 0 aliphatic rings. The molecule has 4 rings (SSSR count). The van der Waals surface area contributed by atoms with E-state index in [4.69, 9.17) is 23.2 Å². The predicted molar refractivity (Wildman–Crippen MR) is 121 cm³/mol. The van der Waals surface area contributed by atoms with Crippen molar-refractivity contribution in [1.82, 2.24) is 24.9 Å². The highest BCUT2D eigenvalue weighted by Crippen LogP contribution is 2.35. The molecule has 9 nitrogen and oxygen atoms in total. The van der Waals surface area contributed by atoms with Crippen LogP contribution in [0, 0.1) is 0 Å². The molecule has 0 spiro atoms. The zero-order valence-electron chi connectivity index (χ0n) is 16.3. The predicted octanol–water partition coefficient (Wildman–Crippen LogP) is 3.26. The minimum Gasteiger partial charge on any atom is -0.395 e. The lowest BCUT2D eigenvalue weighted by Crippen LogP contribution is -2.30. The molecule has 0 fully saturated rings. The highest BCUT2D eigenvalue weighted by atomic mass is 35.5. The van der Waals surface area contributed by atoms with Gasteiger partial charge in [0.15, 0.2) is 5.82 Å². The van der Waals surface area contributed by atoms with Crippen LogP contribution < -0.4 is 10.2 Å². The average Bonchev–Trinajstić information content (AvgIpc) is 3.18. The van der Waals surface area contributed by atoms with Crippen molar-refractivity contribution in [2.45, 2.75) is 0 Å². The number of aliphatic hydroxyl groups excluding tert-OH is 2. The van der Waals surface area contributed by atoms with Gasteiger partial charge in [0.1, 0.15) is 29.3 Å². The van der Waals surface area contributed by atoms with E-state index < -0.39 is 0 Å². The molecule has 31 heavy (non-hydrogen) atoms. The molecular formula is C20H19Cl2N7O2. The number of imidazole rings is 1. The molecular weight excluding hydrogens is 441 g/mol. The summed E-state index contributed by atoms with van der Waals surface area (Å²) >= 11 is 12.7. The minimum absolute atomic E-state index is 0.0604. The van der Waals surface area contributed by atoms with Crippen molar-refractivity contribution in [2.75, 3.05) is 36.5 Å². The van der Waals surface area contributed by atoms with Crippen molar-refractivity contribution < 1.29 is 10.2 Å². The number of aromatic nitrogens is 5. The van der Waals surface area contributed by atoms with Crippen LogP contribution in [0.25, 0.3) is 22.4 Å². The summed E-state index contributed by atoms with van der Waals surface area (Å²) in [4.78, 5) is 22.5. The zero-order chi connectivity index (χ0) is 21.8. The monoisotopic (exact) mass is 459 g/mol. The second kappa shape index (κ2) is 9.44. The molecule has 4 aromatic rings. The van der Waals surface area contributed by atoms with Gasteiger partial charge in [-0.15, -0.1) is 0 Å². The van der Waals surface area contributed by atoms with E-state index in [2.05, 4.69) is 30.2 Å². The molecule has 1 aromatic carbocycles. The van der Waals surface area contributed by atoms with Crippen LogP contribution in [0.4, 0.5) is 17.5 Å². The molecule has 4 N–H and O–H groups in total. The SMILES string of the molecule is OCCN(CCO)c1cc(Nc2nccc3nc(-c4c(Cl)cccc4Cl)[nH]c23)ncn1. The van der Waals surface area contributed by atoms with Crippen molar-refractivity contribution in [2.24, 2.45) is 0 Å². The minimum atomic E-state index is -0.0604. The van der Waals surface area contributed by atoms with Crippen LogP contribution in [-0.2, 0) is 0 Å². The molecule has 0 bridgehead atoms. The van der Waals surface area contributed by atoms with E-state index in [1.165, 1.54) is 6.33 Å². The van der Waals surface area contributed by atoms with Crippen molar-refractivity contribution >= 4 is 51.7 Å². The van der Waals surface area contributed by atoms with Crippen LogP contribution in [-0.4, -0.2) is 61.4 Å². The van der Waals surface area contributed by atoms with Gasteiger partial charge in [-0.2, -0.15) is 0 Å². The standard InChI is InChI=1S/C20H19Cl2N7O2/c21-12-2-1-3-13(22)17(12)19-26-14-4-5-23-20(18(14)28-19)27-15-10-16(25-11-24-15)29(6-8-30)7-9-31/h1-5,10-11,30-31H,6-9H2,(H,26,28)(H,23,24,25,27). The van der Waals surface area contributed by atoms with E-state index in [1.807, 2.05) is 0 Å². The number of H-pyrrole nitrogens is 1. The van der Waals surface area contributed by atoms with Gasteiger partial charge in [-0.25, -0.2) is 19.9 Å². The van der Waals surface area contributed by atoms with E-state index >= 15 is 0 Å². The number of nitrogens with zero attached hydrogens (tertiary/aromatic N) is 5. The van der Waals surface area contributed by atoms with Crippen molar-refractivity contribution in [1.29, 1.82) is 0 Å². The summed E-state index contributed by atoms with van der Waals surface area (Å²) in [5.41, 5.74) is 1.96. The summed E-state index contributed by atoms with van der Waals surface area (Å²) in [6, 6.07) is 8.77. The zero-order valence-corrected chi connectivity index (χ0v) is 17.8. The van der Waals surface area contributed by atoms with Gasteiger partial charge >= 0.3 is 0 Å². The normalized spacial score (nSPS) is 11.1. The third-order valence-electron chi connectivity index (χ3n) is 4.57. The summed E-state index contributed by atoms with van der Waals surface area (Å²) in [5.74, 6) is 2.11. The van der Waals surface area contributed by atoms with Crippen LogP contribution in [0.1, 0.15) is 0 Å². The topological polar surface area (TPSA) is 123 Å². The first-order valence-electron chi connectivity index (χ1n) is 9.45. The summed E-state index contributed by atoms with van der Waals surface area (Å²) in [6.45, 7) is 0.561. The molecule has 0 radical (unpaired) electrons. The number of rotatable bonds is 8. The largest absolute Gasteiger partial charge is 0.395 e. The van der Waals surface area contributed by atoms with Gasteiger partial charge in [-0.05, 0) is 18.2 Å². The number of hydrogen-bond donors (Lipinski definition) is 4. The van der Waals surface area contributed by atoms with E-state index in [1.54, 1.807) is 41.4 Å². The Bertz CT molecular complexity index is 1180. The first kappa shape index (κ1) is 21.3. The summed E-state index contributed by atoms with van der Waals surface area (Å²) in [7, 11) is 0. The fourth-order valence-corrected chi connectivity index (χ4v) is 3.74. The van der Waals surface area contributed by atoms with Crippen molar-refractivity contribution in [3.63, 3.8) is 0 Å². The third-order valence-corrected chi connectivity index (χ3v) is 5.20. The van der Waals surface area contributed by atoms with Gasteiger partial charge < -0.3 is 25.4 Å². The van der Waals surface area contributed by atoms with Crippen molar-refractivity contribution in [3.05, 3.63) is 52.9 Å². The fourth-order valence-electron chi connectivity index (χ4n) is 3.16. The van der Waals surface area contributed by atoms with Gasteiger partial charge in [-0.3, -0.25) is 0 Å². The quantitative estimate of drug-likeness (QED) is 0.316. The molecule has 0 amide bonds. The maximum Gasteiger partial charge on any atom is 0.157 e. The number of aliphatic hydroxyl groups is 2. The summed E-state index contributed by atoms with van der Waals surface area (Å²) < 4.78 is 0. The number of fused-ring (bicyclic) bond motifs is 1. The second-order valence-electron chi connectivity index (χ2n) is 6.56. The molecule has 3 heterocycles. The third kappa shape index (κ3) is 4.54.